The zero-order chi connectivity index (χ0) is 14.9. The van der Waals surface area contributed by atoms with Gasteiger partial charge in [0.15, 0.2) is 11.5 Å². The number of nitrogens with one attached hydrogen (secondary N) is 1. The van der Waals surface area contributed by atoms with Gasteiger partial charge in [-0.15, -0.1) is 0 Å². The molecule has 0 atom stereocenters. The number of thioether (sulfide) groups is 1. The molecule has 0 aliphatic carbocycles. The van der Waals surface area contributed by atoms with E-state index in [0.717, 1.165) is 27.6 Å². The van der Waals surface area contributed by atoms with Crippen LogP contribution in [0.1, 0.15) is 5.56 Å². The van der Waals surface area contributed by atoms with E-state index in [1.54, 1.807) is 0 Å². The van der Waals surface area contributed by atoms with Gasteiger partial charge in [0.05, 0.1) is 10.6 Å². The van der Waals surface area contributed by atoms with Crippen LogP contribution < -0.4 is 14.8 Å². The molecule has 5 heteroatoms. The smallest absolute Gasteiger partial charge is 0.262 e. The first-order chi connectivity index (χ1) is 10.8. The molecule has 110 valence electrons. The fourth-order valence-corrected chi connectivity index (χ4v) is 3.36. The third-order valence-corrected chi connectivity index (χ3v) is 4.54. The topological polar surface area (TPSA) is 47.6 Å². The Labute approximate surface area is 132 Å². The molecule has 0 bridgehead atoms. The Morgan fingerprint density at radius 2 is 1.86 bits per heavy atom. The van der Waals surface area contributed by atoms with Crippen molar-refractivity contribution in [3.63, 3.8) is 0 Å². The lowest BCUT2D eigenvalue weighted by Gasteiger charge is -2.20. The zero-order valence-electron chi connectivity index (χ0n) is 11.7. The summed E-state index contributed by atoms with van der Waals surface area (Å²) in [6.45, 7) is 1.12. The minimum absolute atomic E-state index is 0.0846. The number of carbonyl (C=O) groups excluding carboxylic acids is 1. The van der Waals surface area contributed by atoms with Gasteiger partial charge in [0.25, 0.3) is 5.91 Å². The average molecular weight is 311 g/mol. The Morgan fingerprint density at radius 3 is 2.77 bits per heavy atom. The summed E-state index contributed by atoms with van der Waals surface area (Å²) in [6, 6.07) is 13.5. The highest BCUT2D eigenvalue weighted by atomic mass is 32.2. The Kier molecular flexibility index (Phi) is 3.27. The molecule has 2 aromatic carbocycles. The molecule has 2 aromatic rings. The van der Waals surface area contributed by atoms with E-state index in [4.69, 9.17) is 9.47 Å². The number of para-hydroxylation sites is 1. The van der Waals surface area contributed by atoms with Gasteiger partial charge >= 0.3 is 0 Å². The molecule has 0 saturated heterocycles. The Bertz CT molecular complexity index is 785. The van der Waals surface area contributed by atoms with Gasteiger partial charge in [-0.05, 0) is 35.9 Å². The van der Waals surface area contributed by atoms with Gasteiger partial charge in [-0.2, -0.15) is 0 Å². The first kappa shape index (κ1) is 13.3. The Morgan fingerprint density at radius 1 is 1.05 bits per heavy atom. The van der Waals surface area contributed by atoms with E-state index in [9.17, 15) is 4.79 Å². The summed E-state index contributed by atoms with van der Waals surface area (Å²) in [7, 11) is 0. The summed E-state index contributed by atoms with van der Waals surface area (Å²) in [5.41, 5.74) is 1.78. The summed E-state index contributed by atoms with van der Waals surface area (Å²) < 4.78 is 11.1. The normalized spacial score (nSPS) is 17.8. The maximum atomic E-state index is 12.2. The molecule has 1 N–H and O–H groups in total. The summed E-state index contributed by atoms with van der Waals surface area (Å²) in [5.74, 6) is 1.39. The number of anilines is 1. The molecule has 2 aliphatic heterocycles. The number of rotatable bonds is 1. The average Bonchev–Trinajstić information content (AvgIpc) is 2.55. The molecule has 0 aromatic heterocycles. The van der Waals surface area contributed by atoms with Crippen LogP contribution in [0.5, 0.6) is 11.5 Å². The lowest BCUT2D eigenvalue weighted by atomic mass is 10.1. The van der Waals surface area contributed by atoms with E-state index in [1.165, 1.54) is 11.8 Å². The van der Waals surface area contributed by atoms with Gasteiger partial charge in [0.1, 0.15) is 13.2 Å². The summed E-state index contributed by atoms with van der Waals surface area (Å²) in [5, 5.41) is 2.91. The number of amides is 1. The predicted molar refractivity (Wildman–Crippen MR) is 86.3 cm³/mol. The lowest BCUT2D eigenvalue weighted by molar-refractivity contribution is -0.112. The first-order valence-corrected chi connectivity index (χ1v) is 7.81. The molecule has 1 amide bonds. The van der Waals surface area contributed by atoms with Crippen molar-refractivity contribution >= 4 is 29.4 Å². The first-order valence-electron chi connectivity index (χ1n) is 6.99. The molecule has 2 aliphatic rings. The van der Waals surface area contributed by atoms with Gasteiger partial charge in [-0.25, -0.2) is 0 Å². The van der Waals surface area contributed by atoms with Crippen LogP contribution >= 0.6 is 11.8 Å². The summed E-state index contributed by atoms with van der Waals surface area (Å²) in [4.78, 5) is 13.9. The Balaban J connectivity index is 1.67. The highest BCUT2D eigenvalue weighted by molar-refractivity contribution is 8.04. The molecular weight excluding hydrogens is 298 g/mol. The van der Waals surface area contributed by atoms with E-state index in [2.05, 4.69) is 5.32 Å². The van der Waals surface area contributed by atoms with Crippen LogP contribution in [0.4, 0.5) is 5.69 Å². The predicted octanol–water partition coefficient (Wildman–Crippen LogP) is 3.54. The van der Waals surface area contributed by atoms with Gasteiger partial charge in [0, 0.05) is 4.90 Å². The molecule has 22 heavy (non-hydrogen) atoms. The highest BCUT2D eigenvalue weighted by Crippen LogP contribution is 2.39. The van der Waals surface area contributed by atoms with Crippen molar-refractivity contribution in [2.24, 2.45) is 0 Å². The van der Waals surface area contributed by atoms with Crippen LogP contribution in [0.25, 0.3) is 6.08 Å². The summed E-state index contributed by atoms with van der Waals surface area (Å²) in [6.07, 6.45) is 1.87. The maximum absolute atomic E-state index is 12.2. The zero-order valence-corrected chi connectivity index (χ0v) is 12.5. The molecule has 4 nitrogen and oxygen atoms in total. The van der Waals surface area contributed by atoms with Crippen molar-refractivity contribution < 1.29 is 14.3 Å². The largest absolute Gasteiger partial charge is 0.486 e. The van der Waals surface area contributed by atoms with Crippen LogP contribution in [0.2, 0.25) is 0 Å². The van der Waals surface area contributed by atoms with Crippen LogP contribution in [-0.2, 0) is 4.79 Å². The van der Waals surface area contributed by atoms with Crippen LogP contribution in [-0.4, -0.2) is 19.1 Å². The van der Waals surface area contributed by atoms with Crippen molar-refractivity contribution in [3.05, 3.63) is 52.9 Å². The monoisotopic (exact) mass is 311 g/mol. The second-order valence-electron chi connectivity index (χ2n) is 4.96. The lowest BCUT2D eigenvalue weighted by Crippen LogP contribution is -2.17. The van der Waals surface area contributed by atoms with E-state index >= 15 is 0 Å². The molecular formula is C17H13NO3S. The fraction of sp³-hybridized carbons (Fsp3) is 0.118. The second-order valence-corrected chi connectivity index (χ2v) is 6.05. The highest BCUT2D eigenvalue weighted by Gasteiger charge is 2.20. The van der Waals surface area contributed by atoms with E-state index in [0.29, 0.717) is 18.1 Å². The fourth-order valence-electron chi connectivity index (χ4n) is 2.40. The van der Waals surface area contributed by atoms with Gasteiger partial charge in [-0.3, -0.25) is 4.79 Å². The summed E-state index contributed by atoms with van der Waals surface area (Å²) >= 11 is 1.47. The van der Waals surface area contributed by atoms with Crippen molar-refractivity contribution in [1.82, 2.24) is 0 Å². The number of benzene rings is 2. The molecule has 0 unspecified atom stereocenters. The van der Waals surface area contributed by atoms with Crippen molar-refractivity contribution in [3.8, 4) is 11.5 Å². The second kappa shape index (κ2) is 5.42. The van der Waals surface area contributed by atoms with Crippen LogP contribution in [0.3, 0.4) is 0 Å². The molecule has 4 rings (SSSR count). The third kappa shape index (κ3) is 2.44. The van der Waals surface area contributed by atoms with E-state index < -0.39 is 0 Å². The van der Waals surface area contributed by atoms with Crippen molar-refractivity contribution in [2.75, 3.05) is 18.5 Å². The SMILES string of the molecule is O=C1Nc2ccccc2S/C1=C\c1ccc2c(c1)OCCO2. The molecule has 0 saturated carbocycles. The molecule has 0 fully saturated rings. The van der Waals surface area contributed by atoms with Gasteiger partial charge in [-0.1, -0.05) is 30.0 Å². The minimum atomic E-state index is -0.0846. The Hall–Kier alpha value is -2.40. The van der Waals surface area contributed by atoms with Crippen LogP contribution in [0, 0.1) is 0 Å². The number of fused-ring (bicyclic) bond motifs is 2. The van der Waals surface area contributed by atoms with E-state index in [-0.39, 0.29) is 5.91 Å². The van der Waals surface area contributed by atoms with Gasteiger partial charge in [0.2, 0.25) is 0 Å². The molecule has 0 spiro atoms. The number of hydrogen-bond acceptors (Lipinski definition) is 4. The standard InChI is InChI=1S/C17H13NO3S/c19-17-16(22-15-4-2-1-3-12(15)18-17)10-11-5-6-13-14(9-11)21-8-7-20-13/h1-6,9-10H,7-8H2,(H,18,19)/b16-10-. The van der Waals surface area contributed by atoms with E-state index in [1.807, 2.05) is 48.5 Å². The minimum Gasteiger partial charge on any atom is -0.486 e. The maximum Gasteiger partial charge on any atom is 0.262 e. The third-order valence-electron chi connectivity index (χ3n) is 3.44. The quantitative estimate of drug-likeness (QED) is 0.818. The van der Waals surface area contributed by atoms with Crippen LogP contribution in [0.15, 0.2) is 52.3 Å². The molecule has 2 heterocycles. The van der Waals surface area contributed by atoms with Gasteiger partial charge < -0.3 is 14.8 Å². The van der Waals surface area contributed by atoms with Crippen molar-refractivity contribution in [2.45, 2.75) is 4.90 Å². The molecule has 0 radical (unpaired) electrons. The van der Waals surface area contributed by atoms with Crippen molar-refractivity contribution in [1.29, 1.82) is 0 Å². The number of ether oxygens (including phenoxy) is 2. The number of hydrogen-bond donors (Lipinski definition) is 1. The number of carbonyl (C=O) groups is 1.